The number of carbonyl (C=O) groups is 2. The van der Waals surface area contributed by atoms with Crippen molar-refractivity contribution in [2.24, 2.45) is 0 Å². The van der Waals surface area contributed by atoms with E-state index in [4.69, 9.17) is 16.3 Å². The Balaban J connectivity index is 2.20. The summed E-state index contributed by atoms with van der Waals surface area (Å²) in [6.45, 7) is 1.26. The number of ketones is 1. The summed E-state index contributed by atoms with van der Waals surface area (Å²) >= 11 is 5.90. The van der Waals surface area contributed by atoms with E-state index in [-0.39, 0.29) is 33.9 Å². The summed E-state index contributed by atoms with van der Waals surface area (Å²) < 4.78 is 21.2. The third-order valence-electron chi connectivity index (χ3n) is 4.90. The van der Waals surface area contributed by atoms with Crippen molar-refractivity contribution >= 4 is 23.4 Å². The third kappa shape index (κ3) is 4.51. The molecule has 6 nitrogen and oxygen atoms in total. The number of carbonyl (C=O) groups excluding carboxylic acids is 1. The average molecular weight is 444 g/mol. The lowest BCUT2D eigenvalue weighted by Crippen LogP contribution is -2.31. The minimum absolute atomic E-state index is 0.0119. The van der Waals surface area contributed by atoms with Crippen LogP contribution in [0.5, 0.6) is 5.75 Å². The number of ether oxygens (including phenoxy) is 1. The third-order valence-corrected chi connectivity index (χ3v) is 5.19. The first-order valence-corrected chi connectivity index (χ1v) is 9.68. The molecule has 0 spiro atoms. The van der Waals surface area contributed by atoms with Crippen molar-refractivity contribution < 1.29 is 23.8 Å². The molecule has 3 rings (SSSR count). The van der Waals surface area contributed by atoms with Gasteiger partial charge in [0, 0.05) is 29.2 Å². The number of halogens is 2. The first kappa shape index (κ1) is 22.2. The lowest BCUT2D eigenvalue weighted by atomic mass is 9.96. The van der Waals surface area contributed by atoms with Crippen LogP contribution in [0.3, 0.4) is 0 Å². The van der Waals surface area contributed by atoms with Crippen molar-refractivity contribution in [2.45, 2.75) is 19.4 Å². The first-order valence-electron chi connectivity index (χ1n) is 9.30. The molecular formula is C23H19ClFNO5. The normalized spacial score (nSPS) is 11.7. The molecule has 8 heteroatoms. The summed E-state index contributed by atoms with van der Waals surface area (Å²) in [6, 6.07) is 11.3. The van der Waals surface area contributed by atoms with E-state index < -0.39 is 29.2 Å². The lowest BCUT2D eigenvalue weighted by Gasteiger charge is -2.19. The molecule has 2 aromatic carbocycles. The maximum Gasteiger partial charge on any atom is 0.327 e. The number of carboxylic acid groups (broad SMARTS) is 1. The highest BCUT2D eigenvalue weighted by Gasteiger charge is 2.26. The largest absolute Gasteiger partial charge is 0.495 e. The van der Waals surface area contributed by atoms with E-state index in [1.165, 1.54) is 32.4 Å². The van der Waals surface area contributed by atoms with Crippen molar-refractivity contribution in [1.82, 2.24) is 4.57 Å². The standard InChI is InChI=1S/C23H19ClFNO5/c1-13(27)15-8-9-17(24)22(25)21(15)16-11-20(28)26(12-19(16)31-2)18(23(29)30)10-14-6-4-3-5-7-14/h3-9,11-12,18H,10H2,1-2H3,(H,29,30). The minimum Gasteiger partial charge on any atom is -0.495 e. The number of hydrogen-bond donors (Lipinski definition) is 1. The molecule has 0 amide bonds. The maximum absolute atomic E-state index is 14.9. The zero-order valence-electron chi connectivity index (χ0n) is 16.8. The van der Waals surface area contributed by atoms with Gasteiger partial charge < -0.3 is 9.84 Å². The van der Waals surface area contributed by atoms with Crippen LogP contribution >= 0.6 is 11.6 Å². The van der Waals surface area contributed by atoms with E-state index in [0.29, 0.717) is 0 Å². The quantitative estimate of drug-likeness (QED) is 0.547. The molecule has 0 aliphatic heterocycles. The Morgan fingerprint density at radius 3 is 2.45 bits per heavy atom. The van der Waals surface area contributed by atoms with Gasteiger partial charge in [0.2, 0.25) is 0 Å². The minimum atomic E-state index is -1.21. The number of benzene rings is 2. The maximum atomic E-state index is 14.9. The molecule has 0 saturated carbocycles. The number of carboxylic acids is 1. The number of hydrogen-bond acceptors (Lipinski definition) is 4. The SMILES string of the molecule is COc1cn(C(Cc2ccccc2)C(=O)O)c(=O)cc1-c1c(C(C)=O)ccc(Cl)c1F. The molecule has 0 aliphatic rings. The van der Waals surface area contributed by atoms with Gasteiger partial charge in [-0.3, -0.25) is 14.2 Å². The van der Waals surface area contributed by atoms with Gasteiger partial charge in [-0.1, -0.05) is 41.9 Å². The second-order valence-corrected chi connectivity index (χ2v) is 7.29. The predicted molar refractivity (Wildman–Crippen MR) is 114 cm³/mol. The number of Topliss-reactive ketones (excluding diaryl/α,β-unsaturated/α-hetero) is 1. The van der Waals surface area contributed by atoms with E-state index in [1.807, 2.05) is 0 Å². The van der Waals surface area contributed by atoms with Gasteiger partial charge in [-0.15, -0.1) is 0 Å². The molecule has 1 heterocycles. The fourth-order valence-electron chi connectivity index (χ4n) is 3.38. The summed E-state index contributed by atoms with van der Waals surface area (Å²) in [4.78, 5) is 36.9. The van der Waals surface area contributed by atoms with Gasteiger partial charge in [0.25, 0.3) is 5.56 Å². The highest BCUT2D eigenvalue weighted by atomic mass is 35.5. The number of nitrogens with zero attached hydrogens (tertiary/aromatic N) is 1. The van der Waals surface area contributed by atoms with Crippen molar-refractivity contribution in [3.8, 4) is 16.9 Å². The van der Waals surface area contributed by atoms with Gasteiger partial charge in [-0.05, 0) is 24.6 Å². The van der Waals surface area contributed by atoms with Crippen LogP contribution in [0.1, 0.15) is 28.9 Å². The average Bonchev–Trinajstić information content (AvgIpc) is 2.74. The van der Waals surface area contributed by atoms with Gasteiger partial charge in [-0.25, -0.2) is 9.18 Å². The molecule has 1 aromatic heterocycles. The van der Waals surface area contributed by atoms with Crippen LogP contribution in [0.4, 0.5) is 4.39 Å². The molecular weight excluding hydrogens is 425 g/mol. The first-order chi connectivity index (χ1) is 14.7. The Labute approximate surface area is 182 Å². The fourth-order valence-corrected chi connectivity index (χ4v) is 3.54. The van der Waals surface area contributed by atoms with Crippen LogP contribution in [-0.4, -0.2) is 28.5 Å². The molecule has 1 atom stereocenters. The molecule has 0 bridgehead atoms. The monoisotopic (exact) mass is 443 g/mol. The molecule has 3 aromatic rings. The Hall–Kier alpha value is -3.45. The molecule has 1 unspecified atom stereocenters. The Morgan fingerprint density at radius 1 is 1.19 bits per heavy atom. The van der Waals surface area contributed by atoms with E-state index in [9.17, 15) is 23.9 Å². The molecule has 160 valence electrons. The van der Waals surface area contributed by atoms with Crippen LogP contribution < -0.4 is 10.3 Å². The highest BCUT2D eigenvalue weighted by molar-refractivity contribution is 6.31. The van der Waals surface area contributed by atoms with Gasteiger partial charge >= 0.3 is 5.97 Å². The number of aliphatic carboxylic acids is 1. The number of methoxy groups -OCH3 is 1. The number of aromatic nitrogens is 1. The molecule has 0 aliphatic carbocycles. The fraction of sp³-hybridized carbons (Fsp3) is 0.174. The van der Waals surface area contributed by atoms with Crippen molar-refractivity contribution in [2.75, 3.05) is 7.11 Å². The summed E-state index contributed by atoms with van der Waals surface area (Å²) in [5, 5.41) is 9.51. The summed E-state index contributed by atoms with van der Waals surface area (Å²) in [6.07, 6.45) is 1.27. The Bertz CT molecular complexity index is 1210. The molecule has 0 saturated heterocycles. The van der Waals surface area contributed by atoms with E-state index >= 15 is 0 Å². The topological polar surface area (TPSA) is 85.6 Å². The van der Waals surface area contributed by atoms with Crippen LogP contribution in [0.2, 0.25) is 5.02 Å². The Morgan fingerprint density at radius 2 is 1.87 bits per heavy atom. The van der Waals surface area contributed by atoms with Gasteiger partial charge in [0.05, 0.1) is 18.3 Å². The molecule has 31 heavy (non-hydrogen) atoms. The van der Waals surface area contributed by atoms with E-state index in [2.05, 4.69) is 0 Å². The summed E-state index contributed by atoms with van der Waals surface area (Å²) in [5.74, 6) is -2.48. The smallest absolute Gasteiger partial charge is 0.327 e. The summed E-state index contributed by atoms with van der Waals surface area (Å²) in [5.41, 5.74) is -0.0946. The van der Waals surface area contributed by atoms with Crippen molar-refractivity contribution in [1.29, 1.82) is 0 Å². The zero-order chi connectivity index (χ0) is 22.7. The molecule has 1 N–H and O–H groups in total. The highest BCUT2D eigenvalue weighted by Crippen LogP contribution is 2.36. The number of pyridine rings is 1. The molecule has 0 fully saturated rings. The van der Waals surface area contributed by atoms with Crippen LogP contribution in [0.15, 0.2) is 59.5 Å². The van der Waals surface area contributed by atoms with Gasteiger partial charge in [-0.2, -0.15) is 0 Å². The van der Waals surface area contributed by atoms with Crippen LogP contribution in [-0.2, 0) is 11.2 Å². The van der Waals surface area contributed by atoms with Crippen molar-refractivity contribution in [3.63, 3.8) is 0 Å². The van der Waals surface area contributed by atoms with E-state index in [1.54, 1.807) is 30.3 Å². The Kier molecular flexibility index (Phi) is 6.56. The lowest BCUT2D eigenvalue weighted by molar-refractivity contribution is -0.141. The van der Waals surface area contributed by atoms with Crippen LogP contribution in [0.25, 0.3) is 11.1 Å². The molecule has 0 radical (unpaired) electrons. The number of rotatable bonds is 7. The second-order valence-electron chi connectivity index (χ2n) is 6.88. The van der Waals surface area contributed by atoms with Gasteiger partial charge in [0.1, 0.15) is 17.6 Å². The van der Waals surface area contributed by atoms with Crippen molar-refractivity contribution in [3.05, 3.63) is 87.0 Å². The second kappa shape index (κ2) is 9.14. The zero-order valence-corrected chi connectivity index (χ0v) is 17.5. The van der Waals surface area contributed by atoms with Crippen LogP contribution in [0, 0.1) is 5.82 Å². The summed E-state index contributed by atoms with van der Waals surface area (Å²) in [7, 11) is 1.30. The van der Waals surface area contributed by atoms with Gasteiger partial charge in [0.15, 0.2) is 5.78 Å². The predicted octanol–water partition coefficient (Wildman–Crippen LogP) is 4.39. The van der Waals surface area contributed by atoms with E-state index in [0.717, 1.165) is 16.2 Å².